The summed E-state index contributed by atoms with van der Waals surface area (Å²) in [6.07, 6.45) is 9.14. The van der Waals surface area contributed by atoms with Crippen LogP contribution in [0.5, 0.6) is 11.5 Å². The van der Waals surface area contributed by atoms with E-state index in [9.17, 15) is 9.59 Å². The Morgan fingerprint density at radius 3 is 2.43 bits per heavy atom. The van der Waals surface area contributed by atoms with Crippen LogP contribution in [0.1, 0.15) is 66.9 Å². The summed E-state index contributed by atoms with van der Waals surface area (Å²) in [6.45, 7) is 4.27. The van der Waals surface area contributed by atoms with E-state index >= 15 is 0 Å². The number of methoxy groups -OCH3 is 2. The zero-order valence-electron chi connectivity index (χ0n) is 21.2. The third-order valence-electron chi connectivity index (χ3n) is 6.46. The average molecular weight is 480 g/mol. The highest BCUT2D eigenvalue weighted by Gasteiger charge is 2.36. The standard InChI is InChI=1S/C29H37NO5/c1-5-7-8-9-20-10-12-21(13-11-20)28(31)30-23-15-14-22(18-23)27(29(32)35-6-2)25-19-24(33-3)16-17-26(25)34-4/h10-17,19,22-23,27H,5-9,18H2,1-4H3,(H,30,31)/t22-,23-,27-/m1/s1. The predicted octanol–water partition coefficient (Wildman–Crippen LogP) is 5.46. The van der Waals surface area contributed by atoms with Gasteiger partial charge in [0.05, 0.1) is 26.7 Å². The van der Waals surface area contributed by atoms with Crippen molar-refractivity contribution < 1.29 is 23.8 Å². The molecule has 35 heavy (non-hydrogen) atoms. The van der Waals surface area contributed by atoms with Crippen LogP contribution in [0.25, 0.3) is 0 Å². The molecule has 2 aromatic rings. The molecule has 1 N–H and O–H groups in total. The van der Waals surface area contributed by atoms with Crippen LogP contribution in [-0.2, 0) is 16.0 Å². The highest BCUT2D eigenvalue weighted by molar-refractivity contribution is 5.94. The second kappa shape index (κ2) is 13.0. The fourth-order valence-corrected chi connectivity index (χ4v) is 4.58. The fraction of sp³-hybridized carbons (Fsp3) is 0.448. The Balaban J connectivity index is 1.70. The molecular weight excluding hydrogens is 442 g/mol. The lowest BCUT2D eigenvalue weighted by molar-refractivity contribution is -0.146. The number of esters is 1. The summed E-state index contributed by atoms with van der Waals surface area (Å²) in [5.41, 5.74) is 2.60. The maximum atomic E-state index is 13.0. The lowest BCUT2D eigenvalue weighted by atomic mass is 9.84. The molecule has 1 aliphatic carbocycles. The van der Waals surface area contributed by atoms with E-state index in [0.717, 1.165) is 12.8 Å². The number of amides is 1. The largest absolute Gasteiger partial charge is 0.497 e. The molecule has 0 saturated heterocycles. The lowest BCUT2D eigenvalue weighted by Gasteiger charge is -2.24. The molecule has 0 bridgehead atoms. The third-order valence-corrected chi connectivity index (χ3v) is 6.46. The summed E-state index contributed by atoms with van der Waals surface area (Å²) in [4.78, 5) is 25.9. The van der Waals surface area contributed by atoms with Crippen molar-refractivity contribution in [2.75, 3.05) is 20.8 Å². The smallest absolute Gasteiger partial charge is 0.314 e. The normalized spacial score (nSPS) is 17.6. The van der Waals surface area contributed by atoms with Gasteiger partial charge in [-0.2, -0.15) is 0 Å². The molecule has 1 aliphatic rings. The second-order valence-electron chi connectivity index (χ2n) is 8.86. The molecule has 6 heteroatoms. The Hall–Kier alpha value is -3.28. The van der Waals surface area contributed by atoms with Crippen molar-refractivity contribution in [3.8, 4) is 11.5 Å². The van der Waals surface area contributed by atoms with Crippen molar-refractivity contribution in [2.45, 2.75) is 57.9 Å². The quantitative estimate of drug-likeness (QED) is 0.249. The Kier molecular flexibility index (Phi) is 9.76. The van der Waals surface area contributed by atoms with Crippen LogP contribution in [-0.4, -0.2) is 38.7 Å². The number of carbonyl (C=O) groups is 2. The predicted molar refractivity (Wildman–Crippen MR) is 137 cm³/mol. The van der Waals surface area contributed by atoms with Crippen LogP contribution >= 0.6 is 0 Å². The van der Waals surface area contributed by atoms with E-state index in [1.54, 1.807) is 33.3 Å². The van der Waals surface area contributed by atoms with Gasteiger partial charge in [0.1, 0.15) is 11.5 Å². The number of aryl methyl sites for hydroxylation is 1. The molecule has 188 valence electrons. The van der Waals surface area contributed by atoms with E-state index in [1.807, 2.05) is 42.5 Å². The Labute approximate surface area is 208 Å². The molecular formula is C29H37NO5. The highest BCUT2D eigenvalue weighted by atomic mass is 16.5. The monoisotopic (exact) mass is 479 g/mol. The number of allylic oxidation sites excluding steroid dienone is 1. The van der Waals surface area contributed by atoms with E-state index in [0.29, 0.717) is 29.0 Å². The van der Waals surface area contributed by atoms with E-state index in [1.165, 1.54) is 18.4 Å². The Bertz CT molecular complexity index is 1010. The molecule has 0 saturated carbocycles. The molecule has 0 aliphatic heterocycles. The van der Waals surface area contributed by atoms with Gasteiger partial charge < -0.3 is 19.5 Å². The average Bonchev–Trinajstić information content (AvgIpc) is 3.32. The zero-order valence-corrected chi connectivity index (χ0v) is 21.2. The number of nitrogens with one attached hydrogen (secondary N) is 1. The molecule has 3 rings (SSSR count). The first kappa shape index (κ1) is 26.3. The number of hydrogen-bond acceptors (Lipinski definition) is 5. The van der Waals surface area contributed by atoms with Gasteiger partial charge in [0.15, 0.2) is 0 Å². The zero-order chi connectivity index (χ0) is 25.2. The van der Waals surface area contributed by atoms with Gasteiger partial charge in [-0.1, -0.05) is 44.1 Å². The number of ether oxygens (including phenoxy) is 3. The molecule has 0 aromatic heterocycles. The molecule has 3 atom stereocenters. The second-order valence-corrected chi connectivity index (χ2v) is 8.86. The summed E-state index contributed by atoms with van der Waals surface area (Å²) in [6, 6.07) is 13.1. The maximum absolute atomic E-state index is 13.0. The maximum Gasteiger partial charge on any atom is 0.314 e. The van der Waals surface area contributed by atoms with Crippen molar-refractivity contribution in [3.05, 3.63) is 71.3 Å². The minimum Gasteiger partial charge on any atom is -0.497 e. The summed E-state index contributed by atoms with van der Waals surface area (Å²) < 4.78 is 16.3. The minimum atomic E-state index is -0.569. The summed E-state index contributed by atoms with van der Waals surface area (Å²) in [5, 5.41) is 3.09. The van der Waals surface area contributed by atoms with E-state index in [-0.39, 0.29) is 30.4 Å². The van der Waals surface area contributed by atoms with Crippen molar-refractivity contribution in [2.24, 2.45) is 5.92 Å². The van der Waals surface area contributed by atoms with Gasteiger partial charge in [-0.15, -0.1) is 0 Å². The molecule has 2 aromatic carbocycles. The van der Waals surface area contributed by atoms with Gasteiger partial charge in [-0.3, -0.25) is 9.59 Å². The van der Waals surface area contributed by atoms with Crippen LogP contribution in [0.2, 0.25) is 0 Å². The van der Waals surface area contributed by atoms with E-state index in [4.69, 9.17) is 14.2 Å². The van der Waals surface area contributed by atoms with Crippen molar-refractivity contribution in [1.82, 2.24) is 5.32 Å². The topological polar surface area (TPSA) is 73.9 Å². The van der Waals surface area contributed by atoms with Gasteiger partial charge in [0.2, 0.25) is 0 Å². The molecule has 0 spiro atoms. The van der Waals surface area contributed by atoms with Crippen molar-refractivity contribution in [1.29, 1.82) is 0 Å². The number of carbonyl (C=O) groups excluding carboxylic acids is 2. The third kappa shape index (κ3) is 6.87. The van der Waals surface area contributed by atoms with Gasteiger partial charge in [-0.25, -0.2) is 0 Å². The Morgan fingerprint density at radius 2 is 1.77 bits per heavy atom. The van der Waals surface area contributed by atoms with Gasteiger partial charge in [0, 0.05) is 17.2 Å². The van der Waals surface area contributed by atoms with Gasteiger partial charge in [-0.05, 0) is 68.0 Å². The first-order valence-corrected chi connectivity index (χ1v) is 12.5. The number of hydrogen-bond donors (Lipinski definition) is 1. The van der Waals surface area contributed by atoms with Gasteiger partial charge >= 0.3 is 5.97 Å². The van der Waals surface area contributed by atoms with Gasteiger partial charge in [0.25, 0.3) is 5.91 Å². The molecule has 6 nitrogen and oxygen atoms in total. The summed E-state index contributed by atoms with van der Waals surface area (Å²) in [7, 11) is 3.17. The molecule has 0 unspecified atom stereocenters. The number of benzene rings is 2. The number of unbranched alkanes of at least 4 members (excludes halogenated alkanes) is 2. The van der Waals surface area contributed by atoms with Crippen molar-refractivity contribution >= 4 is 11.9 Å². The first-order valence-electron chi connectivity index (χ1n) is 12.5. The lowest BCUT2D eigenvalue weighted by Crippen LogP contribution is -2.34. The molecule has 0 fully saturated rings. The Morgan fingerprint density at radius 1 is 1.00 bits per heavy atom. The van der Waals surface area contributed by atoms with Crippen LogP contribution in [0, 0.1) is 5.92 Å². The van der Waals surface area contributed by atoms with E-state index in [2.05, 4.69) is 12.2 Å². The molecule has 0 heterocycles. The highest BCUT2D eigenvalue weighted by Crippen LogP contribution is 2.40. The molecule has 1 amide bonds. The van der Waals surface area contributed by atoms with Crippen LogP contribution in [0.15, 0.2) is 54.6 Å². The van der Waals surface area contributed by atoms with Crippen LogP contribution in [0.3, 0.4) is 0 Å². The van der Waals surface area contributed by atoms with Crippen molar-refractivity contribution in [3.63, 3.8) is 0 Å². The molecule has 0 radical (unpaired) electrons. The SMILES string of the molecule is CCCCCc1ccc(C(=O)N[C@@H]2C=C[C@@H]([C@@H](C(=O)OCC)c3cc(OC)ccc3OC)C2)cc1. The summed E-state index contributed by atoms with van der Waals surface area (Å²) >= 11 is 0. The number of rotatable bonds is 12. The minimum absolute atomic E-state index is 0.118. The van der Waals surface area contributed by atoms with Crippen LogP contribution < -0.4 is 14.8 Å². The fourth-order valence-electron chi connectivity index (χ4n) is 4.58. The summed E-state index contributed by atoms with van der Waals surface area (Å²) in [5.74, 6) is 0.0806. The van der Waals surface area contributed by atoms with E-state index < -0.39 is 5.92 Å². The van der Waals surface area contributed by atoms with Crippen LogP contribution in [0.4, 0.5) is 0 Å². The first-order chi connectivity index (χ1) is 17.0.